The topological polar surface area (TPSA) is 224 Å². The van der Waals surface area contributed by atoms with Crippen LogP contribution < -0.4 is 16.0 Å². The average Bonchev–Trinajstić information content (AvgIpc) is 3.64. The second kappa shape index (κ2) is 13.1. The number of halogens is 1. The number of urea groups is 2. The second-order valence-electron chi connectivity index (χ2n) is 7.87. The molecule has 0 saturated carbocycles. The molecule has 2 unspecified atom stereocenters. The number of amides is 7. The molecule has 0 bridgehead atoms. The average molecular weight is 627 g/mol. The fraction of sp³-hybridized carbons (Fsp3) is 0.316. The van der Waals surface area contributed by atoms with E-state index in [1.807, 2.05) is 0 Å². The number of β-lactam (4-membered cyclic amide) rings is 1. The number of hydrogen-bond acceptors (Lipinski definition) is 11. The van der Waals surface area contributed by atoms with Crippen LogP contribution in [0, 0.1) is 0 Å². The molecule has 2 saturated heterocycles. The van der Waals surface area contributed by atoms with Crippen molar-refractivity contribution in [3.8, 4) is 0 Å². The third-order valence-corrected chi connectivity index (χ3v) is 7.21. The van der Waals surface area contributed by atoms with E-state index in [-0.39, 0.29) is 63.7 Å². The number of hydrogen-bond donors (Lipinski definition) is 4. The van der Waals surface area contributed by atoms with Gasteiger partial charge in [-0.2, -0.15) is 13.5 Å². The maximum atomic E-state index is 13.1. The molecular formula is C19H20ClN8NaO9S2. The summed E-state index contributed by atoms with van der Waals surface area (Å²) in [6.07, 6.45) is 2.70. The van der Waals surface area contributed by atoms with Crippen molar-refractivity contribution < 1.29 is 41.4 Å². The summed E-state index contributed by atoms with van der Waals surface area (Å²) in [6.45, 7) is -0.563. The molecule has 0 radical (unpaired) electrons. The number of nitrogens with zero attached hydrogens (tertiary/aromatic N) is 5. The van der Waals surface area contributed by atoms with E-state index in [1.165, 1.54) is 17.9 Å². The van der Waals surface area contributed by atoms with E-state index in [9.17, 15) is 32.4 Å². The fourth-order valence-electron chi connectivity index (χ4n) is 3.38. The van der Waals surface area contributed by atoms with Gasteiger partial charge in [0.25, 0.3) is 5.91 Å². The number of nitrogens with one attached hydrogen (secondary N) is 3. The van der Waals surface area contributed by atoms with Crippen molar-refractivity contribution in [1.82, 2.24) is 29.8 Å². The van der Waals surface area contributed by atoms with Crippen LogP contribution in [0.5, 0.6) is 0 Å². The minimum atomic E-state index is -4.79. The zero-order valence-electron chi connectivity index (χ0n) is 19.5. The molecule has 2 aliphatic heterocycles. The Bertz CT molecular complexity index is 1430. The Hall–Kier alpha value is -3.07. The molecule has 2 fully saturated rings. The maximum absolute atomic E-state index is 13.1. The first kappa shape index (κ1) is 31.5. The Morgan fingerprint density at radius 3 is 2.70 bits per heavy atom. The normalized spacial score (nSPS) is 17.9. The van der Waals surface area contributed by atoms with Gasteiger partial charge in [-0.3, -0.25) is 18.9 Å². The van der Waals surface area contributed by atoms with Gasteiger partial charge < -0.3 is 20.4 Å². The van der Waals surface area contributed by atoms with Crippen molar-refractivity contribution in [2.45, 2.75) is 12.1 Å². The van der Waals surface area contributed by atoms with Crippen LogP contribution in [0.4, 0.5) is 14.7 Å². The number of rotatable bonds is 9. The number of imide groups is 1. The van der Waals surface area contributed by atoms with Crippen LogP contribution >= 0.6 is 22.9 Å². The number of furan rings is 1. The van der Waals surface area contributed by atoms with Crippen LogP contribution in [0.3, 0.4) is 0 Å². The van der Waals surface area contributed by atoms with Crippen LogP contribution in [0.2, 0.25) is 0 Å². The number of anilines is 1. The summed E-state index contributed by atoms with van der Waals surface area (Å²) in [5, 5.41) is 13.4. The van der Waals surface area contributed by atoms with Crippen molar-refractivity contribution >= 4 is 104 Å². The summed E-state index contributed by atoms with van der Waals surface area (Å²) in [5.74, 6) is -2.63. The number of carbonyl (C=O) groups is 5. The third kappa shape index (κ3) is 7.16. The molecule has 4 N–H and O–H groups in total. The molecule has 0 spiro atoms. The van der Waals surface area contributed by atoms with E-state index < -0.39 is 58.7 Å². The molecular weight excluding hydrogens is 607 g/mol. The van der Waals surface area contributed by atoms with E-state index in [4.69, 9.17) is 20.6 Å². The third-order valence-electron chi connectivity index (χ3n) is 5.30. The summed E-state index contributed by atoms with van der Waals surface area (Å²) >= 11 is 6.38. The second-order valence-corrected chi connectivity index (χ2v) is 10.3. The van der Waals surface area contributed by atoms with Gasteiger partial charge >= 0.3 is 51.9 Å². The van der Waals surface area contributed by atoms with E-state index in [2.05, 4.69) is 26.0 Å². The Labute approximate surface area is 257 Å². The van der Waals surface area contributed by atoms with Gasteiger partial charge in [-0.25, -0.2) is 28.8 Å². The number of aromatic nitrogens is 1. The molecule has 7 amide bonds. The van der Waals surface area contributed by atoms with Crippen LogP contribution in [0.25, 0.3) is 0 Å². The first-order chi connectivity index (χ1) is 18.5. The predicted molar refractivity (Wildman–Crippen MR) is 140 cm³/mol. The molecule has 4 heterocycles. The SMILES string of the molecule is O=C(CCl)Nc1nc(C(NC(=O)N2CCN(N=Cc3ccco3)C2=O)C(=O)NC2CN(S(=O)(=O)O)C2=O)cs1.[NaH]. The minimum absolute atomic E-state index is 0. The first-order valence-corrected chi connectivity index (χ1v) is 13.7. The number of carbonyl (C=O) groups excluding carboxylic acids is 5. The quantitative estimate of drug-likeness (QED) is 0.0865. The van der Waals surface area contributed by atoms with Gasteiger partial charge in [0.05, 0.1) is 37.8 Å². The molecule has 0 aromatic carbocycles. The van der Waals surface area contributed by atoms with Gasteiger partial charge in [0.2, 0.25) is 11.8 Å². The van der Waals surface area contributed by atoms with Crippen molar-refractivity contribution in [3.05, 3.63) is 35.2 Å². The molecule has 2 aromatic heterocycles. The summed E-state index contributed by atoms with van der Waals surface area (Å²) in [5.41, 5.74) is -0.0616. The molecule has 21 heteroatoms. The summed E-state index contributed by atoms with van der Waals surface area (Å²) in [7, 11) is -4.79. The summed E-state index contributed by atoms with van der Waals surface area (Å²) in [6, 6.07) is -1.43. The van der Waals surface area contributed by atoms with Crippen LogP contribution in [-0.4, -0.2) is 129 Å². The molecule has 17 nitrogen and oxygen atoms in total. The zero-order valence-corrected chi connectivity index (χ0v) is 21.9. The molecule has 2 atom stereocenters. The van der Waals surface area contributed by atoms with Crippen molar-refractivity contribution in [2.75, 3.05) is 30.8 Å². The molecule has 2 aromatic rings. The van der Waals surface area contributed by atoms with E-state index >= 15 is 0 Å². The Balaban J connectivity index is 0.00000441. The molecule has 2 aliphatic rings. The van der Waals surface area contributed by atoms with Crippen molar-refractivity contribution in [3.63, 3.8) is 0 Å². The fourth-order valence-corrected chi connectivity index (χ4v) is 4.89. The van der Waals surface area contributed by atoms with E-state index in [0.717, 1.165) is 21.2 Å². The van der Waals surface area contributed by atoms with Crippen molar-refractivity contribution in [2.24, 2.45) is 5.10 Å². The van der Waals surface area contributed by atoms with Crippen LogP contribution in [0.15, 0.2) is 33.3 Å². The van der Waals surface area contributed by atoms with E-state index in [0.29, 0.717) is 5.76 Å². The van der Waals surface area contributed by atoms with Gasteiger partial charge in [-0.05, 0) is 12.1 Å². The van der Waals surface area contributed by atoms with Gasteiger partial charge in [0.15, 0.2) is 11.2 Å². The Morgan fingerprint density at radius 1 is 1.32 bits per heavy atom. The van der Waals surface area contributed by atoms with Gasteiger partial charge in [-0.1, -0.05) is 0 Å². The predicted octanol–water partition coefficient (Wildman–Crippen LogP) is -1.08. The van der Waals surface area contributed by atoms with Crippen LogP contribution in [-0.2, 0) is 24.7 Å². The van der Waals surface area contributed by atoms with Crippen LogP contribution in [0.1, 0.15) is 17.5 Å². The summed E-state index contributed by atoms with van der Waals surface area (Å²) in [4.78, 5) is 67.3. The number of thiazole rings is 1. The zero-order chi connectivity index (χ0) is 28.3. The van der Waals surface area contributed by atoms with Gasteiger partial charge in [0, 0.05) is 5.38 Å². The number of hydrazone groups is 1. The Kier molecular flexibility index (Phi) is 10.3. The first-order valence-electron chi connectivity index (χ1n) is 10.9. The summed E-state index contributed by atoms with van der Waals surface area (Å²) < 4.78 is 36.6. The monoisotopic (exact) mass is 626 g/mol. The number of alkyl halides is 1. The molecule has 4 rings (SSSR count). The molecule has 40 heavy (non-hydrogen) atoms. The van der Waals surface area contributed by atoms with Crippen molar-refractivity contribution in [1.29, 1.82) is 0 Å². The standard InChI is InChI=1S/C19H19ClN8O9S2.Na.H/c20-6-13(29)24-17-23-12(9-38-17)14(15(30)22-11-8-28(16(11)31)39(34,35)36)25-18(32)26-3-4-27(19(26)33)21-7-10-2-1-5-37-10;;/h1-2,5,7,9,11,14H,3-4,6,8H2,(H,22,30)(H,25,32)(H,23,24,29)(H,34,35,36);;. The Morgan fingerprint density at radius 2 is 2.08 bits per heavy atom. The van der Waals surface area contributed by atoms with Gasteiger partial charge in [-0.15, -0.1) is 22.9 Å². The van der Waals surface area contributed by atoms with E-state index in [1.54, 1.807) is 12.1 Å². The molecule has 0 aliphatic carbocycles. The molecule has 210 valence electrons. The van der Waals surface area contributed by atoms with Gasteiger partial charge in [0.1, 0.15) is 17.7 Å².